The van der Waals surface area contributed by atoms with Gasteiger partial charge in [0.05, 0.1) is 0 Å². The van der Waals surface area contributed by atoms with Gasteiger partial charge in [0.15, 0.2) is 0 Å². The molecule has 0 unspecified atom stereocenters. The molecule has 1 saturated heterocycles. The summed E-state index contributed by atoms with van der Waals surface area (Å²) < 4.78 is 0. The minimum Gasteiger partial charge on any atom is -0.361 e. The highest BCUT2D eigenvalue weighted by atomic mass is 32.2. The van der Waals surface area contributed by atoms with E-state index in [0.29, 0.717) is 12.1 Å². The minimum atomic E-state index is 0.662. The van der Waals surface area contributed by atoms with E-state index in [9.17, 15) is 0 Å². The Labute approximate surface area is 125 Å². The molecule has 0 spiro atoms. The molecule has 0 amide bonds. The minimum absolute atomic E-state index is 0.662. The molecule has 0 aliphatic carbocycles. The first kappa shape index (κ1) is 14.0. The van der Waals surface area contributed by atoms with E-state index in [1.165, 1.54) is 47.2 Å². The fraction of sp³-hybridized carbons (Fsp3) is 0.529. The molecule has 3 rings (SSSR count). The fourth-order valence-corrected chi connectivity index (χ4v) is 3.90. The molecular weight excluding hydrogens is 264 g/mol. The van der Waals surface area contributed by atoms with Gasteiger partial charge in [0.2, 0.25) is 0 Å². The van der Waals surface area contributed by atoms with Gasteiger partial charge in [-0.25, -0.2) is 0 Å². The van der Waals surface area contributed by atoms with Crippen molar-refractivity contribution in [1.82, 2.24) is 9.88 Å². The molecule has 2 nitrogen and oxygen atoms in total. The predicted octanol–water partition coefficient (Wildman–Crippen LogP) is 4.31. The molecule has 1 aliphatic rings. The highest BCUT2D eigenvalue weighted by Crippen LogP contribution is 2.29. The molecule has 0 radical (unpaired) electrons. The second-order valence-electron chi connectivity index (χ2n) is 6.06. The molecule has 2 heterocycles. The molecule has 1 aromatic heterocycles. The summed E-state index contributed by atoms with van der Waals surface area (Å²) in [5.41, 5.74) is 2.75. The average Bonchev–Trinajstić information content (AvgIpc) is 3.06. The number of thioether (sulfide) groups is 1. The molecule has 108 valence electrons. The second kappa shape index (κ2) is 5.82. The number of nitrogens with one attached hydrogen (secondary N) is 1. The number of likely N-dealkylation sites (tertiary alicyclic amines) is 1. The van der Waals surface area contributed by atoms with Crippen LogP contribution in [0.4, 0.5) is 0 Å². The van der Waals surface area contributed by atoms with E-state index in [4.69, 9.17) is 0 Å². The molecule has 1 aromatic carbocycles. The molecule has 0 saturated carbocycles. The van der Waals surface area contributed by atoms with Gasteiger partial charge in [-0.3, -0.25) is 4.90 Å². The van der Waals surface area contributed by atoms with Crippen molar-refractivity contribution in [2.24, 2.45) is 0 Å². The molecule has 1 aliphatic heterocycles. The van der Waals surface area contributed by atoms with Gasteiger partial charge in [-0.05, 0) is 69.7 Å². The van der Waals surface area contributed by atoms with Gasteiger partial charge >= 0.3 is 0 Å². The van der Waals surface area contributed by atoms with Gasteiger partial charge < -0.3 is 4.98 Å². The zero-order valence-electron chi connectivity index (χ0n) is 12.6. The Bertz CT molecular complexity index is 588. The van der Waals surface area contributed by atoms with E-state index in [-0.39, 0.29) is 0 Å². The maximum Gasteiger partial charge on any atom is 0.0457 e. The van der Waals surface area contributed by atoms with Gasteiger partial charge in [0.25, 0.3) is 0 Å². The first-order chi connectivity index (χ1) is 9.69. The molecule has 1 N–H and O–H groups in total. The summed E-state index contributed by atoms with van der Waals surface area (Å²) in [6.45, 7) is 5.90. The molecule has 2 aromatic rings. The van der Waals surface area contributed by atoms with Crippen molar-refractivity contribution in [2.75, 3.05) is 12.8 Å². The average molecular weight is 288 g/mol. The van der Waals surface area contributed by atoms with Gasteiger partial charge in [-0.2, -0.15) is 0 Å². The highest BCUT2D eigenvalue weighted by Gasteiger charge is 2.27. The molecule has 1 atom stereocenters. The Morgan fingerprint density at radius 1 is 1.40 bits per heavy atom. The zero-order valence-corrected chi connectivity index (χ0v) is 13.5. The number of rotatable bonds is 4. The van der Waals surface area contributed by atoms with Crippen LogP contribution in [0.3, 0.4) is 0 Å². The summed E-state index contributed by atoms with van der Waals surface area (Å²) in [7, 11) is 0. The first-order valence-electron chi connectivity index (χ1n) is 7.59. The van der Waals surface area contributed by atoms with Crippen LogP contribution >= 0.6 is 11.8 Å². The highest BCUT2D eigenvalue weighted by molar-refractivity contribution is 7.98. The second-order valence-corrected chi connectivity index (χ2v) is 6.94. The third kappa shape index (κ3) is 2.61. The molecular formula is C17H24N2S. The number of fused-ring (bicyclic) bond motifs is 1. The van der Waals surface area contributed by atoms with Crippen molar-refractivity contribution in [3.05, 3.63) is 30.0 Å². The largest absolute Gasteiger partial charge is 0.361 e. The van der Waals surface area contributed by atoms with Crippen LogP contribution in [0.5, 0.6) is 0 Å². The lowest BCUT2D eigenvalue weighted by atomic mass is 10.0. The lowest BCUT2D eigenvalue weighted by molar-refractivity contribution is 0.203. The summed E-state index contributed by atoms with van der Waals surface area (Å²) in [5, 5.41) is 1.41. The van der Waals surface area contributed by atoms with E-state index in [2.05, 4.69) is 54.4 Å². The SMILES string of the molecule is CSc1ccc2[nH]cc(C[C@H]3CCCN3C(C)C)c2c1. The van der Waals surface area contributed by atoms with Crippen molar-refractivity contribution >= 4 is 22.7 Å². The van der Waals surface area contributed by atoms with Crippen LogP contribution in [-0.4, -0.2) is 34.8 Å². The van der Waals surface area contributed by atoms with Gasteiger partial charge in [-0.1, -0.05) is 0 Å². The van der Waals surface area contributed by atoms with Gasteiger partial charge in [-0.15, -0.1) is 11.8 Å². The summed E-state index contributed by atoms with van der Waals surface area (Å²) in [5.74, 6) is 0. The number of hydrogen-bond donors (Lipinski definition) is 1. The van der Waals surface area contributed by atoms with Gasteiger partial charge in [0, 0.05) is 34.1 Å². The number of benzene rings is 1. The topological polar surface area (TPSA) is 19.0 Å². The maximum absolute atomic E-state index is 3.43. The van der Waals surface area contributed by atoms with E-state index >= 15 is 0 Å². The van der Waals surface area contributed by atoms with E-state index in [1.807, 2.05) is 11.8 Å². The fourth-order valence-electron chi connectivity index (χ4n) is 3.46. The smallest absolute Gasteiger partial charge is 0.0457 e. The van der Waals surface area contributed by atoms with Crippen LogP contribution in [0.2, 0.25) is 0 Å². The maximum atomic E-state index is 3.43. The Hall–Kier alpha value is -0.930. The van der Waals surface area contributed by atoms with Crippen LogP contribution in [-0.2, 0) is 6.42 Å². The van der Waals surface area contributed by atoms with E-state index in [1.54, 1.807) is 0 Å². The van der Waals surface area contributed by atoms with Crippen LogP contribution in [0.25, 0.3) is 10.9 Å². The Morgan fingerprint density at radius 3 is 3.00 bits per heavy atom. The van der Waals surface area contributed by atoms with Crippen molar-refractivity contribution in [2.45, 2.75) is 50.1 Å². The summed E-state index contributed by atoms with van der Waals surface area (Å²) in [4.78, 5) is 7.45. The number of hydrogen-bond acceptors (Lipinski definition) is 2. The summed E-state index contributed by atoms with van der Waals surface area (Å²) in [6.07, 6.45) is 8.22. The number of aromatic nitrogens is 1. The normalized spacial score (nSPS) is 20.3. The van der Waals surface area contributed by atoms with Crippen molar-refractivity contribution < 1.29 is 0 Å². The number of H-pyrrole nitrogens is 1. The van der Waals surface area contributed by atoms with Crippen LogP contribution in [0, 0.1) is 0 Å². The first-order valence-corrected chi connectivity index (χ1v) is 8.81. The Kier molecular flexibility index (Phi) is 4.08. The third-order valence-electron chi connectivity index (χ3n) is 4.52. The van der Waals surface area contributed by atoms with Crippen molar-refractivity contribution in [1.29, 1.82) is 0 Å². The number of aromatic amines is 1. The molecule has 1 fully saturated rings. The summed E-state index contributed by atoms with van der Waals surface area (Å²) in [6, 6.07) is 8.12. The molecule has 20 heavy (non-hydrogen) atoms. The van der Waals surface area contributed by atoms with Crippen LogP contribution in [0.15, 0.2) is 29.3 Å². The Morgan fingerprint density at radius 2 is 2.25 bits per heavy atom. The standard InChI is InChI=1S/C17H24N2S/c1-12(2)19-8-4-5-14(19)9-13-11-18-17-7-6-15(20-3)10-16(13)17/h6-7,10-12,14,18H,4-5,8-9H2,1-3H3/t14-/m1/s1. The van der Waals surface area contributed by atoms with Gasteiger partial charge in [0.1, 0.15) is 0 Å². The van der Waals surface area contributed by atoms with Crippen molar-refractivity contribution in [3.63, 3.8) is 0 Å². The summed E-state index contributed by atoms with van der Waals surface area (Å²) >= 11 is 1.82. The molecule has 3 heteroatoms. The van der Waals surface area contributed by atoms with Crippen LogP contribution in [0.1, 0.15) is 32.3 Å². The predicted molar refractivity (Wildman–Crippen MR) is 88.6 cm³/mol. The third-order valence-corrected chi connectivity index (χ3v) is 5.24. The molecule has 0 bridgehead atoms. The van der Waals surface area contributed by atoms with E-state index < -0.39 is 0 Å². The number of nitrogens with zero attached hydrogens (tertiary/aromatic N) is 1. The van der Waals surface area contributed by atoms with Crippen LogP contribution < -0.4 is 0 Å². The van der Waals surface area contributed by atoms with Crippen molar-refractivity contribution in [3.8, 4) is 0 Å². The quantitative estimate of drug-likeness (QED) is 0.846. The lowest BCUT2D eigenvalue weighted by Crippen LogP contribution is -2.36. The monoisotopic (exact) mass is 288 g/mol. The lowest BCUT2D eigenvalue weighted by Gasteiger charge is -2.28. The zero-order chi connectivity index (χ0) is 14.1. The van der Waals surface area contributed by atoms with E-state index in [0.717, 1.165) is 0 Å². The Balaban J connectivity index is 1.87.